The van der Waals surface area contributed by atoms with E-state index in [2.05, 4.69) is 5.32 Å². The molecule has 0 bridgehead atoms. The Kier molecular flexibility index (Phi) is 7.28. The number of carbonyl (C=O) groups excluding carboxylic acids is 1. The number of likely N-dealkylation sites (tertiary alicyclic amines) is 1. The second kappa shape index (κ2) is 8.48. The van der Waals surface area contributed by atoms with Crippen LogP contribution in [0, 0.1) is 0 Å². The van der Waals surface area contributed by atoms with Crippen molar-refractivity contribution < 1.29 is 9.90 Å². The number of aliphatic hydroxyl groups excluding tert-OH is 1. The van der Waals surface area contributed by atoms with Crippen LogP contribution in [0.25, 0.3) is 0 Å². The first kappa shape index (κ1) is 15.4. The van der Waals surface area contributed by atoms with E-state index < -0.39 is 0 Å². The highest BCUT2D eigenvalue weighted by Crippen LogP contribution is 2.11. The fraction of sp³-hybridized carbons (Fsp3) is 0.929. The number of nitrogens with zero attached hydrogens (tertiary/aromatic N) is 1. The minimum Gasteiger partial charge on any atom is -0.393 e. The van der Waals surface area contributed by atoms with Crippen molar-refractivity contribution in [3.05, 3.63) is 0 Å². The van der Waals surface area contributed by atoms with Gasteiger partial charge in [-0.15, -0.1) is 0 Å². The molecule has 4 heteroatoms. The quantitative estimate of drug-likeness (QED) is 0.758. The average Bonchev–Trinajstić information content (AvgIpc) is 2.56. The summed E-state index contributed by atoms with van der Waals surface area (Å²) >= 11 is 0. The molecule has 0 aromatic rings. The Morgan fingerprint density at radius 3 is 2.39 bits per heavy atom. The molecule has 2 unspecified atom stereocenters. The van der Waals surface area contributed by atoms with E-state index in [-0.39, 0.29) is 18.1 Å². The lowest BCUT2D eigenvalue weighted by molar-refractivity contribution is -0.131. The molecule has 0 aromatic carbocycles. The van der Waals surface area contributed by atoms with Gasteiger partial charge in [-0.1, -0.05) is 12.8 Å². The Hall–Kier alpha value is -0.610. The molecule has 106 valence electrons. The van der Waals surface area contributed by atoms with Gasteiger partial charge in [0.15, 0.2) is 0 Å². The van der Waals surface area contributed by atoms with Gasteiger partial charge < -0.3 is 15.3 Å². The van der Waals surface area contributed by atoms with Crippen LogP contribution in [0.4, 0.5) is 0 Å². The molecule has 0 spiro atoms. The molecule has 0 saturated carbocycles. The minimum atomic E-state index is -0.272. The van der Waals surface area contributed by atoms with E-state index in [4.69, 9.17) is 5.11 Å². The molecule has 0 aromatic heterocycles. The maximum Gasteiger partial charge on any atom is 0.224 e. The van der Waals surface area contributed by atoms with Crippen molar-refractivity contribution in [1.82, 2.24) is 10.2 Å². The van der Waals surface area contributed by atoms with Crippen molar-refractivity contribution in [3.8, 4) is 0 Å². The van der Waals surface area contributed by atoms with Gasteiger partial charge in [0.2, 0.25) is 5.91 Å². The zero-order chi connectivity index (χ0) is 13.4. The Labute approximate surface area is 111 Å². The molecule has 18 heavy (non-hydrogen) atoms. The molecule has 0 aliphatic carbocycles. The van der Waals surface area contributed by atoms with Gasteiger partial charge >= 0.3 is 0 Å². The number of amides is 1. The molecule has 2 N–H and O–H groups in total. The molecule has 1 rings (SSSR count). The molecular formula is C14H28N2O2. The third kappa shape index (κ3) is 6.36. The highest BCUT2D eigenvalue weighted by atomic mass is 16.3. The maximum absolute atomic E-state index is 12.1. The van der Waals surface area contributed by atoms with Crippen molar-refractivity contribution in [2.24, 2.45) is 0 Å². The van der Waals surface area contributed by atoms with E-state index in [1.54, 1.807) is 6.92 Å². The molecule has 1 saturated heterocycles. The Morgan fingerprint density at radius 2 is 1.83 bits per heavy atom. The second-order valence-corrected chi connectivity index (χ2v) is 5.49. The summed E-state index contributed by atoms with van der Waals surface area (Å²) in [6.07, 6.45) is 5.84. The van der Waals surface area contributed by atoms with Crippen LogP contribution in [-0.2, 0) is 4.79 Å². The number of carbonyl (C=O) groups is 1. The zero-order valence-electron chi connectivity index (χ0n) is 11.8. The highest BCUT2D eigenvalue weighted by molar-refractivity contribution is 5.76. The van der Waals surface area contributed by atoms with Gasteiger partial charge in [0.05, 0.1) is 6.10 Å². The van der Waals surface area contributed by atoms with Gasteiger partial charge in [0.1, 0.15) is 0 Å². The normalized spacial score (nSPS) is 20.3. The summed E-state index contributed by atoms with van der Waals surface area (Å²) in [6, 6.07) is 0.194. The van der Waals surface area contributed by atoms with Crippen LogP contribution in [0.1, 0.15) is 52.4 Å². The zero-order valence-corrected chi connectivity index (χ0v) is 11.8. The van der Waals surface area contributed by atoms with E-state index in [0.29, 0.717) is 6.42 Å². The van der Waals surface area contributed by atoms with Crippen molar-refractivity contribution >= 4 is 5.91 Å². The van der Waals surface area contributed by atoms with Crippen LogP contribution in [0.2, 0.25) is 0 Å². The molecule has 2 atom stereocenters. The number of nitrogens with one attached hydrogen (secondary N) is 1. The summed E-state index contributed by atoms with van der Waals surface area (Å²) in [5.41, 5.74) is 0. The second-order valence-electron chi connectivity index (χ2n) is 5.49. The number of aliphatic hydroxyl groups is 1. The Bertz CT molecular complexity index is 236. The van der Waals surface area contributed by atoms with Crippen molar-refractivity contribution in [2.45, 2.75) is 64.5 Å². The fourth-order valence-electron chi connectivity index (χ4n) is 2.32. The van der Waals surface area contributed by atoms with E-state index in [0.717, 1.165) is 38.9 Å². The number of hydrogen-bond donors (Lipinski definition) is 2. The largest absolute Gasteiger partial charge is 0.393 e. The van der Waals surface area contributed by atoms with Gasteiger partial charge in [0.25, 0.3) is 0 Å². The van der Waals surface area contributed by atoms with Crippen LogP contribution in [0.15, 0.2) is 0 Å². The Balaban J connectivity index is 2.21. The molecule has 1 aliphatic rings. The summed E-state index contributed by atoms with van der Waals surface area (Å²) in [4.78, 5) is 14.1. The summed E-state index contributed by atoms with van der Waals surface area (Å²) in [6.45, 7) is 6.46. The summed E-state index contributed by atoms with van der Waals surface area (Å²) in [5, 5.41) is 12.5. The van der Waals surface area contributed by atoms with Crippen LogP contribution < -0.4 is 5.32 Å². The van der Waals surface area contributed by atoms with Gasteiger partial charge in [-0.25, -0.2) is 0 Å². The predicted octanol–water partition coefficient (Wildman–Crippen LogP) is 1.53. The van der Waals surface area contributed by atoms with Crippen LogP contribution in [0.5, 0.6) is 0 Å². The summed E-state index contributed by atoms with van der Waals surface area (Å²) in [7, 11) is 0. The van der Waals surface area contributed by atoms with E-state index in [9.17, 15) is 4.79 Å². The van der Waals surface area contributed by atoms with Gasteiger partial charge in [-0.2, -0.15) is 0 Å². The summed E-state index contributed by atoms with van der Waals surface area (Å²) < 4.78 is 0. The highest BCUT2D eigenvalue weighted by Gasteiger charge is 2.17. The first-order valence-corrected chi connectivity index (χ1v) is 7.29. The number of rotatable bonds is 6. The molecule has 1 aliphatic heterocycles. The van der Waals surface area contributed by atoms with Gasteiger partial charge in [-0.3, -0.25) is 4.79 Å². The maximum atomic E-state index is 12.1. The first-order valence-electron chi connectivity index (χ1n) is 7.29. The minimum absolute atomic E-state index is 0.194. The van der Waals surface area contributed by atoms with Gasteiger partial charge in [-0.05, 0) is 39.7 Å². The van der Waals surface area contributed by atoms with Gasteiger partial charge in [0, 0.05) is 25.6 Å². The smallest absolute Gasteiger partial charge is 0.224 e. The average molecular weight is 256 g/mol. The summed E-state index contributed by atoms with van der Waals surface area (Å²) in [5.74, 6) is 0.272. The molecule has 4 nitrogen and oxygen atoms in total. The lowest BCUT2D eigenvalue weighted by Gasteiger charge is -2.23. The standard InChI is InChI=1S/C14H28N2O2/c1-12(15-8-7-13(2)17)11-14(18)16-9-5-3-4-6-10-16/h12-13,15,17H,3-11H2,1-2H3. The van der Waals surface area contributed by atoms with E-state index in [1.165, 1.54) is 12.8 Å². The molecule has 1 fully saturated rings. The van der Waals surface area contributed by atoms with Crippen molar-refractivity contribution in [2.75, 3.05) is 19.6 Å². The topological polar surface area (TPSA) is 52.6 Å². The van der Waals surface area contributed by atoms with E-state index in [1.807, 2.05) is 11.8 Å². The fourth-order valence-corrected chi connectivity index (χ4v) is 2.32. The third-order valence-electron chi connectivity index (χ3n) is 3.49. The van der Waals surface area contributed by atoms with Crippen LogP contribution in [-0.4, -0.2) is 47.7 Å². The lowest BCUT2D eigenvalue weighted by Crippen LogP contribution is -2.38. The van der Waals surface area contributed by atoms with Crippen LogP contribution >= 0.6 is 0 Å². The molecule has 1 amide bonds. The van der Waals surface area contributed by atoms with Crippen molar-refractivity contribution in [1.29, 1.82) is 0 Å². The third-order valence-corrected chi connectivity index (χ3v) is 3.49. The lowest BCUT2D eigenvalue weighted by atomic mass is 10.2. The van der Waals surface area contributed by atoms with Crippen molar-refractivity contribution in [3.63, 3.8) is 0 Å². The molecule has 1 heterocycles. The monoisotopic (exact) mass is 256 g/mol. The SMILES string of the molecule is CC(O)CCNC(C)CC(=O)N1CCCCCC1. The predicted molar refractivity (Wildman–Crippen MR) is 73.4 cm³/mol. The Morgan fingerprint density at radius 1 is 1.22 bits per heavy atom. The van der Waals surface area contributed by atoms with E-state index >= 15 is 0 Å². The number of hydrogen-bond acceptors (Lipinski definition) is 3. The first-order chi connectivity index (χ1) is 8.59. The molecular weight excluding hydrogens is 228 g/mol. The van der Waals surface area contributed by atoms with Crippen LogP contribution in [0.3, 0.4) is 0 Å². The molecule has 0 radical (unpaired) electrons.